The monoisotopic (exact) mass is 332 g/mol. The van der Waals surface area contributed by atoms with Crippen LogP contribution in [0.15, 0.2) is 18.2 Å². The second-order valence-electron chi connectivity index (χ2n) is 5.48. The highest BCUT2D eigenvalue weighted by atomic mass is 19.4. The second kappa shape index (κ2) is 7.14. The molecule has 1 atom stereocenters. The van der Waals surface area contributed by atoms with Gasteiger partial charge in [-0.2, -0.15) is 13.2 Å². The minimum Gasteiger partial charge on any atom is -0.373 e. The number of rotatable bonds is 5. The van der Waals surface area contributed by atoms with Crippen molar-refractivity contribution in [3.8, 4) is 0 Å². The van der Waals surface area contributed by atoms with Crippen LogP contribution in [0.2, 0.25) is 0 Å². The number of anilines is 1. The molecule has 1 aromatic rings. The minimum absolute atomic E-state index is 0.0989. The number of ether oxygens (including phenoxy) is 1. The van der Waals surface area contributed by atoms with Gasteiger partial charge in [0, 0.05) is 19.6 Å². The van der Waals surface area contributed by atoms with Gasteiger partial charge in [0.1, 0.15) is 11.5 Å². The third-order valence-corrected chi connectivity index (χ3v) is 3.43. The second-order valence-corrected chi connectivity index (χ2v) is 5.48. The lowest BCUT2D eigenvalue weighted by Crippen LogP contribution is -2.48. The molecule has 9 heteroatoms. The summed E-state index contributed by atoms with van der Waals surface area (Å²) in [6.07, 6.45) is -4.70. The summed E-state index contributed by atoms with van der Waals surface area (Å²) in [5.74, 6) is -0.176. The zero-order chi connectivity index (χ0) is 17.0. The molecule has 0 saturated carbocycles. The van der Waals surface area contributed by atoms with Gasteiger partial charge in [0.05, 0.1) is 19.3 Å². The summed E-state index contributed by atoms with van der Waals surface area (Å²) in [6, 6.07) is 3.83. The van der Waals surface area contributed by atoms with Crippen LogP contribution in [0.4, 0.5) is 19.0 Å². The zero-order valence-corrected chi connectivity index (χ0v) is 12.7. The Bertz CT molecular complexity index is 553. The van der Waals surface area contributed by atoms with Crippen molar-refractivity contribution < 1.29 is 22.7 Å². The number of morpholine rings is 1. The Labute approximate surface area is 132 Å². The average Bonchev–Trinajstić information content (AvgIpc) is 2.46. The summed E-state index contributed by atoms with van der Waals surface area (Å²) in [6.45, 7) is 1.80. The molecule has 1 aromatic heterocycles. The van der Waals surface area contributed by atoms with Crippen LogP contribution in [-0.2, 0) is 15.7 Å². The normalized spacial score (nSPS) is 19.2. The molecule has 0 aliphatic carbocycles. The van der Waals surface area contributed by atoms with E-state index >= 15 is 0 Å². The standard InChI is InChI=1S/C14H19F3N4O2/c1-20(9-12(18)22)7-10-8-21(5-6-23-10)13-4-2-3-11(19-13)14(15,16)17/h2-4,10H,5-9H2,1H3,(H2,18,22)/t10-/m0/s1. The van der Waals surface area contributed by atoms with Crippen LogP contribution in [0.3, 0.4) is 0 Å². The lowest BCUT2D eigenvalue weighted by atomic mass is 10.2. The topological polar surface area (TPSA) is 71.7 Å². The predicted molar refractivity (Wildman–Crippen MR) is 77.9 cm³/mol. The van der Waals surface area contributed by atoms with E-state index in [-0.39, 0.29) is 18.5 Å². The number of alkyl halides is 3. The Hall–Kier alpha value is -1.87. The molecule has 6 nitrogen and oxygen atoms in total. The summed E-state index contributed by atoms with van der Waals surface area (Å²) in [5.41, 5.74) is 4.21. The van der Waals surface area contributed by atoms with E-state index in [2.05, 4.69) is 4.98 Å². The third-order valence-electron chi connectivity index (χ3n) is 3.43. The molecule has 128 valence electrons. The fourth-order valence-corrected chi connectivity index (χ4v) is 2.47. The van der Waals surface area contributed by atoms with Gasteiger partial charge in [-0.1, -0.05) is 6.07 Å². The zero-order valence-electron chi connectivity index (χ0n) is 12.7. The number of pyridine rings is 1. The number of hydrogen-bond acceptors (Lipinski definition) is 5. The van der Waals surface area contributed by atoms with E-state index in [1.165, 1.54) is 6.07 Å². The number of likely N-dealkylation sites (N-methyl/N-ethyl adjacent to an activating group) is 1. The quantitative estimate of drug-likeness (QED) is 0.860. The third kappa shape index (κ3) is 5.07. The van der Waals surface area contributed by atoms with Crippen LogP contribution in [0.25, 0.3) is 0 Å². The first-order chi connectivity index (χ1) is 10.8. The molecule has 0 radical (unpaired) electrons. The number of halogens is 3. The van der Waals surface area contributed by atoms with Gasteiger partial charge in [-0.15, -0.1) is 0 Å². The van der Waals surface area contributed by atoms with Crippen molar-refractivity contribution >= 4 is 11.7 Å². The molecule has 1 saturated heterocycles. The fourth-order valence-electron chi connectivity index (χ4n) is 2.47. The molecular weight excluding hydrogens is 313 g/mol. The number of amides is 1. The number of nitrogens with two attached hydrogens (primary N) is 1. The largest absolute Gasteiger partial charge is 0.433 e. The Balaban J connectivity index is 2.02. The van der Waals surface area contributed by atoms with Crippen molar-refractivity contribution in [3.63, 3.8) is 0 Å². The summed E-state index contributed by atoms with van der Waals surface area (Å²) in [4.78, 5) is 18.0. The maximum atomic E-state index is 12.7. The Morgan fingerprint density at radius 2 is 2.26 bits per heavy atom. The van der Waals surface area contributed by atoms with Crippen molar-refractivity contribution in [1.29, 1.82) is 0 Å². The molecule has 0 aromatic carbocycles. The maximum Gasteiger partial charge on any atom is 0.433 e. The summed E-state index contributed by atoms with van der Waals surface area (Å²) in [5, 5.41) is 0. The molecule has 0 spiro atoms. The molecule has 0 unspecified atom stereocenters. The van der Waals surface area contributed by atoms with Crippen LogP contribution in [0.1, 0.15) is 5.69 Å². The van der Waals surface area contributed by atoms with Crippen LogP contribution < -0.4 is 10.6 Å². The highest BCUT2D eigenvalue weighted by molar-refractivity contribution is 5.75. The van der Waals surface area contributed by atoms with Gasteiger partial charge in [0.15, 0.2) is 0 Å². The van der Waals surface area contributed by atoms with Crippen LogP contribution in [0.5, 0.6) is 0 Å². The number of nitrogens with zero attached hydrogens (tertiary/aromatic N) is 3. The number of carbonyl (C=O) groups excluding carboxylic acids is 1. The Kier molecular flexibility index (Phi) is 5.42. The van der Waals surface area contributed by atoms with Crippen molar-refractivity contribution in [1.82, 2.24) is 9.88 Å². The predicted octanol–water partition coefficient (Wildman–Crippen LogP) is 0.723. The van der Waals surface area contributed by atoms with Crippen LogP contribution >= 0.6 is 0 Å². The maximum absolute atomic E-state index is 12.7. The van der Waals surface area contributed by atoms with Crippen LogP contribution in [0, 0.1) is 0 Å². The molecule has 1 aliphatic heterocycles. The van der Waals surface area contributed by atoms with Crippen molar-refractivity contribution in [2.24, 2.45) is 5.73 Å². The van der Waals surface area contributed by atoms with Gasteiger partial charge < -0.3 is 15.4 Å². The molecule has 23 heavy (non-hydrogen) atoms. The Morgan fingerprint density at radius 1 is 1.52 bits per heavy atom. The van der Waals surface area contributed by atoms with E-state index < -0.39 is 17.8 Å². The molecular formula is C14H19F3N4O2. The number of carbonyl (C=O) groups is 1. The summed E-state index contributed by atoms with van der Waals surface area (Å²) < 4.78 is 43.8. The first-order valence-electron chi connectivity index (χ1n) is 7.13. The summed E-state index contributed by atoms with van der Waals surface area (Å²) >= 11 is 0. The van der Waals surface area contributed by atoms with Gasteiger partial charge in [-0.05, 0) is 19.2 Å². The SMILES string of the molecule is CN(CC(N)=O)C[C@H]1CN(c2cccc(C(F)(F)F)n2)CCO1. The van der Waals surface area contributed by atoms with E-state index in [1.54, 1.807) is 22.9 Å². The fraction of sp³-hybridized carbons (Fsp3) is 0.571. The van der Waals surface area contributed by atoms with E-state index in [4.69, 9.17) is 10.5 Å². The number of aromatic nitrogens is 1. The van der Waals surface area contributed by atoms with E-state index in [9.17, 15) is 18.0 Å². The lowest BCUT2D eigenvalue weighted by molar-refractivity contribution is -0.141. The highest BCUT2D eigenvalue weighted by Gasteiger charge is 2.33. The average molecular weight is 332 g/mol. The molecule has 1 aliphatic rings. The molecule has 2 heterocycles. The molecule has 1 amide bonds. The smallest absolute Gasteiger partial charge is 0.373 e. The number of hydrogen-bond donors (Lipinski definition) is 1. The highest BCUT2D eigenvalue weighted by Crippen LogP contribution is 2.29. The molecule has 2 rings (SSSR count). The Morgan fingerprint density at radius 3 is 2.91 bits per heavy atom. The minimum atomic E-state index is -4.47. The van der Waals surface area contributed by atoms with E-state index in [0.717, 1.165) is 6.07 Å². The van der Waals surface area contributed by atoms with Crippen molar-refractivity contribution in [2.75, 3.05) is 44.7 Å². The lowest BCUT2D eigenvalue weighted by Gasteiger charge is -2.35. The molecule has 2 N–H and O–H groups in total. The van der Waals surface area contributed by atoms with Gasteiger partial charge >= 0.3 is 6.18 Å². The number of primary amides is 1. The molecule has 0 bridgehead atoms. The van der Waals surface area contributed by atoms with E-state index in [1.807, 2.05) is 0 Å². The van der Waals surface area contributed by atoms with Crippen molar-refractivity contribution in [2.45, 2.75) is 12.3 Å². The van der Waals surface area contributed by atoms with Crippen molar-refractivity contribution in [3.05, 3.63) is 23.9 Å². The van der Waals surface area contributed by atoms with Gasteiger partial charge in [-0.25, -0.2) is 4.98 Å². The van der Waals surface area contributed by atoms with E-state index in [0.29, 0.717) is 26.2 Å². The van der Waals surface area contributed by atoms with Gasteiger partial charge in [-0.3, -0.25) is 9.69 Å². The van der Waals surface area contributed by atoms with Gasteiger partial charge in [0.25, 0.3) is 0 Å². The summed E-state index contributed by atoms with van der Waals surface area (Å²) in [7, 11) is 1.73. The van der Waals surface area contributed by atoms with Gasteiger partial charge in [0.2, 0.25) is 5.91 Å². The van der Waals surface area contributed by atoms with Crippen LogP contribution in [-0.4, -0.2) is 61.7 Å². The first-order valence-corrected chi connectivity index (χ1v) is 7.13. The first kappa shape index (κ1) is 17.5. The molecule has 1 fully saturated rings.